The zero-order chi connectivity index (χ0) is 30.7. The number of nitrogen functional groups attached to an aromatic ring is 1. The van der Waals surface area contributed by atoms with Crippen LogP contribution >= 0.6 is 22.9 Å². The predicted octanol–water partition coefficient (Wildman–Crippen LogP) is 6.20. The van der Waals surface area contributed by atoms with Gasteiger partial charge in [0, 0.05) is 42.4 Å². The van der Waals surface area contributed by atoms with Gasteiger partial charge in [0.2, 0.25) is 0 Å². The molecule has 3 aliphatic rings. The fraction of sp³-hybridized carbons (Fsp3) is 0.452. The predicted molar refractivity (Wildman–Crippen MR) is 165 cm³/mol. The molecule has 3 N–H and O–H groups in total. The molecule has 8 nitrogen and oxygen atoms in total. The van der Waals surface area contributed by atoms with Gasteiger partial charge < -0.3 is 20.5 Å². The lowest BCUT2D eigenvalue weighted by Gasteiger charge is -2.31. The molecule has 0 aliphatic carbocycles. The number of thiophene rings is 1. The van der Waals surface area contributed by atoms with E-state index in [1.54, 1.807) is 6.07 Å². The topological polar surface area (TPSA) is 112 Å². The Morgan fingerprint density at radius 1 is 1.20 bits per heavy atom. The number of anilines is 2. The number of aliphatic hydroxyl groups excluding tert-OH is 1. The number of benzene rings is 2. The van der Waals surface area contributed by atoms with E-state index in [1.165, 1.54) is 12.1 Å². The van der Waals surface area contributed by atoms with Crippen LogP contribution in [0.1, 0.15) is 44.1 Å². The van der Waals surface area contributed by atoms with Crippen molar-refractivity contribution in [1.82, 2.24) is 14.9 Å². The van der Waals surface area contributed by atoms with Crippen LogP contribution in [0.15, 0.2) is 18.2 Å². The summed E-state index contributed by atoms with van der Waals surface area (Å²) in [4.78, 5) is 13.2. The molecule has 0 radical (unpaired) electrons. The van der Waals surface area contributed by atoms with Crippen LogP contribution in [0.25, 0.3) is 32.1 Å². The third kappa shape index (κ3) is 4.81. The van der Waals surface area contributed by atoms with Gasteiger partial charge in [-0.05, 0) is 56.3 Å². The molecule has 0 amide bonds. The Morgan fingerprint density at radius 3 is 2.86 bits per heavy atom. The lowest BCUT2D eigenvalue weighted by Crippen LogP contribution is -2.43. The van der Waals surface area contributed by atoms with E-state index in [9.17, 15) is 19.1 Å². The smallest absolute Gasteiger partial charge is 0.319 e. The SMILES string of the molecule is N#Cc1c(N)sc2c(F)ccc(-c3c(Cl)cc4c(N5CCCC[C@@H](O)C5)nc(OC[C@@]56CCCN5C[C@H](F)C6)nc4c3F)c12. The first-order valence-electron chi connectivity index (χ1n) is 14.7. The summed E-state index contributed by atoms with van der Waals surface area (Å²) in [6, 6.07) is 6.08. The number of hydrogen-bond acceptors (Lipinski definition) is 9. The number of rotatable bonds is 5. The number of aliphatic hydroxyl groups is 1. The van der Waals surface area contributed by atoms with Crippen LogP contribution in [0.5, 0.6) is 6.01 Å². The summed E-state index contributed by atoms with van der Waals surface area (Å²) in [5, 5.41) is 21.0. The maximum atomic E-state index is 16.8. The first-order valence-corrected chi connectivity index (χ1v) is 15.9. The Bertz CT molecular complexity index is 1830. The third-order valence-electron chi connectivity index (χ3n) is 9.22. The largest absolute Gasteiger partial charge is 0.461 e. The minimum atomic E-state index is -0.940. The van der Waals surface area contributed by atoms with Gasteiger partial charge in [-0.2, -0.15) is 15.2 Å². The number of hydrogen-bond donors (Lipinski definition) is 2. The molecule has 13 heteroatoms. The Hall–Kier alpha value is -3.37. The zero-order valence-corrected chi connectivity index (χ0v) is 25.3. The molecule has 0 unspecified atom stereocenters. The summed E-state index contributed by atoms with van der Waals surface area (Å²) in [5.74, 6) is -0.999. The standard InChI is InChI=1S/C31H30ClF3N6O2S/c32-21-10-19-26(25(35)24(21)18-5-6-22(34)27-23(18)20(12-36)28(37)44-27)38-30(39-29(19)40-8-2-1-4-17(42)14-40)43-15-31-7-3-9-41(31)13-16(33)11-31/h5-6,10,16-17,42H,1-4,7-9,11,13-15,37H2/t16-,17-,31+/m1/s1. The quantitative estimate of drug-likeness (QED) is 0.265. The maximum absolute atomic E-state index is 16.8. The molecule has 4 aromatic rings. The van der Waals surface area contributed by atoms with Crippen LogP contribution in [-0.2, 0) is 0 Å². The maximum Gasteiger partial charge on any atom is 0.319 e. The molecule has 44 heavy (non-hydrogen) atoms. The lowest BCUT2D eigenvalue weighted by molar-refractivity contribution is 0.107. The van der Waals surface area contributed by atoms with Gasteiger partial charge in [0.15, 0.2) is 5.82 Å². The van der Waals surface area contributed by atoms with Crippen LogP contribution < -0.4 is 15.4 Å². The molecule has 7 rings (SSSR count). The number of fused-ring (bicyclic) bond motifs is 3. The Balaban J connectivity index is 1.40. The number of alkyl halides is 1. The Morgan fingerprint density at radius 2 is 2.05 bits per heavy atom. The summed E-state index contributed by atoms with van der Waals surface area (Å²) in [6.07, 6.45) is 2.80. The summed E-state index contributed by atoms with van der Waals surface area (Å²) >= 11 is 7.69. The second kappa shape index (κ2) is 11.2. The van der Waals surface area contributed by atoms with Crippen LogP contribution in [0.3, 0.4) is 0 Å². The van der Waals surface area contributed by atoms with Crippen molar-refractivity contribution >= 4 is 54.7 Å². The average molecular weight is 643 g/mol. The highest BCUT2D eigenvalue weighted by Crippen LogP contribution is 2.46. The van der Waals surface area contributed by atoms with Crippen LogP contribution in [-0.4, -0.2) is 70.6 Å². The van der Waals surface area contributed by atoms with Gasteiger partial charge in [-0.15, -0.1) is 11.3 Å². The van der Waals surface area contributed by atoms with Crippen molar-refractivity contribution in [3.05, 3.63) is 40.4 Å². The molecule has 3 fully saturated rings. The number of nitrogens with two attached hydrogens (primary N) is 1. The fourth-order valence-corrected chi connectivity index (χ4v) is 8.42. The second-order valence-corrected chi connectivity index (χ2v) is 13.4. The van der Waals surface area contributed by atoms with E-state index in [0.717, 1.165) is 43.6 Å². The number of halogens is 4. The van der Waals surface area contributed by atoms with E-state index >= 15 is 4.39 Å². The molecule has 0 saturated carbocycles. The van der Waals surface area contributed by atoms with Gasteiger partial charge in [-0.25, -0.2) is 13.2 Å². The highest BCUT2D eigenvalue weighted by atomic mass is 35.5. The second-order valence-electron chi connectivity index (χ2n) is 12.0. The molecule has 0 bridgehead atoms. The van der Waals surface area contributed by atoms with Gasteiger partial charge in [0.05, 0.1) is 26.9 Å². The average Bonchev–Trinajstić information content (AvgIpc) is 3.57. The van der Waals surface area contributed by atoms with Crippen molar-refractivity contribution in [2.24, 2.45) is 0 Å². The van der Waals surface area contributed by atoms with Gasteiger partial charge in [-0.1, -0.05) is 17.7 Å². The van der Waals surface area contributed by atoms with Crippen molar-refractivity contribution < 1.29 is 23.0 Å². The normalized spacial score (nSPS) is 24.1. The number of nitriles is 1. The van der Waals surface area contributed by atoms with E-state index in [-0.39, 0.29) is 61.5 Å². The van der Waals surface area contributed by atoms with Gasteiger partial charge >= 0.3 is 6.01 Å². The fourth-order valence-electron chi connectivity index (χ4n) is 7.18. The number of β-amino-alcohol motifs (C(OH)–C–C–N with tert-alkyl or cyclic N) is 1. The van der Waals surface area contributed by atoms with E-state index in [0.29, 0.717) is 37.1 Å². The number of ether oxygens (including phenoxy) is 1. The van der Waals surface area contributed by atoms with E-state index in [4.69, 9.17) is 27.1 Å². The first-order chi connectivity index (χ1) is 21.2. The molecule has 230 valence electrons. The molecular formula is C31H30ClF3N6O2S. The lowest BCUT2D eigenvalue weighted by atomic mass is 9.95. The van der Waals surface area contributed by atoms with Crippen LogP contribution in [0.4, 0.5) is 24.0 Å². The van der Waals surface area contributed by atoms with Crippen molar-refractivity contribution in [3.63, 3.8) is 0 Å². The van der Waals surface area contributed by atoms with E-state index in [1.807, 2.05) is 11.0 Å². The van der Waals surface area contributed by atoms with Crippen LogP contribution in [0, 0.1) is 23.0 Å². The van der Waals surface area contributed by atoms with E-state index < -0.39 is 29.4 Å². The summed E-state index contributed by atoms with van der Waals surface area (Å²) < 4.78 is 52.3. The van der Waals surface area contributed by atoms with Crippen molar-refractivity contribution in [2.45, 2.75) is 56.3 Å². The Labute approximate surface area is 260 Å². The highest BCUT2D eigenvalue weighted by molar-refractivity contribution is 7.23. The monoisotopic (exact) mass is 642 g/mol. The molecule has 2 aromatic carbocycles. The molecule has 3 saturated heterocycles. The molecule has 0 spiro atoms. The van der Waals surface area contributed by atoms with Crippen molar-refractivity contribution in [3.8, 4) is 23.2 Å². The molecule has 5 heterocycles. The number of aromatic nitrogens is 2. The zero-order valence-electron chi connectivity index (χ0n) is 23.8. The molecule has 2 aromatic heterocycles. The highest BCUT2D eigenvalue weighted by Gasteiger charge is 2.49. The van der Waals surface area contributed by atoms with Crippen molar-refractivity contribution in [1.29, 1.82) is 5.26 Å². The summed E-state index contributed by atoms with van der Waals surface area (Å²) in [6.45, 7) is 2.16. The summed E-state index contributed by atoms with van der Waals surface area (Å²) in [7, 11) is 0. The van der Waals surface area contributed by atoms with E-state index in [2.05, 4.69) is 9.88 Å². The van der Waals surface area contributed by atoms with Gasteiger partial charge in [0.25, 0.3) is 0 Å². The molecular weight excluding hydrogens is 613 g/mol. The van der Waals surface area contributed by atoms with Gasteiger partial charge in [-0.3, -0.25) is 4.90 Å². The minimum absolute atomic E-state index is 0.0193. The molecule has 3 aliphatic heterocycles. The Kier molecular flexibility index (Phi) is 7.48. The van der Waals surface area contributed by atoms with Crippen LogP contribution in [0.2, 0.25) is 5.02 Å². The van der Waals surface area contributed by atoms with Gasteiger partial charge in [0.1, 0.15) is 41.0 Å². The number of nitrogens with zero attached hydrogens (tertiary/aromatic N) is 5. The molecule has 3 atom stereocenters. The minimum Gasteiger partial charge on any atom is -0.461 e. The summed E-state index contributed by atoms with van der Waals surface area (Å²) in [5.41, 5.74) is 5.70. The van der Waals surface area contributed by atoms with Crippen molar-refractivity contribution in [2.75, 3.05) is 43.4 Å². The first kappa shape index (κ1) is 29.3. The third-order valence-corrected chi connectivity index (χ3v) is 10.5.